The van der Waals surface area contributed by atoms with Gasteiger partial charge in [0.15, 0.2) is 0 Å². The third kappa shape index (κ3) is 7.09. The highest BCUT2D eigenvalue weighted by Gasteiger charge is 2.32. The zero-order chi connectivity index (χ0) is 19.5. The van der Waals surface area contributed by atoms with E-state index in [-0.39, 0.29) is 25.9 Å². The van der Waals surface area contributed by atoms with Gasteiger partial charge in [0.25, 0.3) is 11.8 Å². The molecule has 0 aliphatic carbocycles. The largest absolute Gasteiger partial charge is 0.491 e. The molecule has 0 unspecified atom stereocenters. The maximum atomic E-state index is 11.8. The van der Waals surface area contributed by atoms with Crippen molar-refractivity contribution < 1.29 is 33.4 Å². The fourth-order valence-electron chi connectivity index (χ4n) is 2.23. The van der Waals surface area contributed by atoms with Crippen LogP contribution in [0.4, 0.5) is 0 Å². The second kappa shape index (κ2) is 11.0. The van der Waals surface area contributed by atoms with Crippen LogP contribution < -0.4 is 4.74 Å². The first-order valence-corrected chi connectivity index (χ1v) is 8.47. The summed E-state index contributed by atoms with van der Waals surface area (Å²) in [6, 6.07) is 6.84. The highest BCUT2D eigenvalue weighted by molar-refractivity contribution is 6.01. The number of carbonyl (C=O) groups is 3. The van der Waals surface area contributed by atoms with Gasteiger partial charge < -0.3 is 19.0 Å². The smallest absolute Gasteiger partial charge is 0.337 e. The van der Waals surface area contributed by atoms with Crippen LogP contribution in [0.2, 0.25) is 0 Å². The van der Waals surface area contributed by atoms with E-state index in [0.29, 0.717) is 42.8 Å². The third-order valence-electron chi connectivity index (χ3n) is 3.52. The quantitative estimate of drug-likeness (QED) is 0.322. The number of nitrogens with zero attached hydrogens (tertiary/aromatic N) is 1. The molecule has 0 atom stereocenters. The molecule has 2 rings (SSSR count). The van der Waals surface area contributed by atoms with E-state index in [9.17, 15) is 14.4 Å². The molecule has 2 amide bonds. The number of imide groups is 1. The normalized spacial score (nSPS) is 13.5. The van der Waals surface area contributed by atoms with Crippen LogP contribution in [0.15, 0.2) is 24.3 Å². The lowest BCUT2D eigenvalue weighted by Gasteiger charge is -2.12. The molecule has 0 spiro atoms. The van der Waals surface area contributed by atoms with E-state index in [1.165, 1.54) is 0 Å². The number of amides is 2. The van der Waals surface area contributed by atoms with Crippen molar-refractivity contribution in [3.05, 3.63) is 29.8 Å². The molecular formula is C19H21NO7. The Balaban J connectivity index is 1.64. The molecule has 1 aliphatic heterocycles. The van der Waals surface area contributed by atoms with Gasteiger partial charge in [0.2, 0.25) is 0 Å². The lowest BCUT2D eigenvalue weighted by molar-refractivity contribution is -0.197. The highest BCUT2D eigenvalue weighted by Crippen LogP contribution is 2.15. The van der Waals surface area contributed by atoms with E-state index < -0.39 is 17.8 Å². The van der Waals surface area contributed by atoms with Crippen molar-refractivity contribution in [1.82, 2.24) is 5.06 Å². The number of carbonyl (C=O) groups excluding carboxylic acids is 3. The monoisotopic (exact) mass is 375 g/mol. The number of hydrogen-bond acceptors (Lipinski definition) is 7. The summed E-state index contributed by atoms with van der Waals surface area (Å²) in [5.74, 6) is 1.32. The van der Waals surface area contributed by atoms with Crippen molar-refractivity contribution in [1.29, 1.82) is 0 Å². The molecule has 144 valence electrons. The number of hydrogen-bond donors (Lipinski definition) is 0. The number of ether oxygens (including phenoxy) is 3. The van der Waals surface area contributed by atoms with Gasteiger partial charge in [0, 0.05) is 12.8 Å². The lowest BCUT2D eigenvalue weighted by Crippen LogP contribution is -2.32. The van der Waals surface area contributed by atoms with Crippen molar-refractivity contribution in [2.24, 2.45) is 0 Å². The minimum absolute atomic E-state index is 0.0574. The molecule has 0 N–H and O–H groups in total. The van der Waals surface area contributed by atoms with E-state index >= 15 is 0 Å². The summed E-state index contributed by atoms with van der Waals surface area (Å²) in [5.41, 5.74) is 0.674. The van der Waals surface area contributed by atoms with Crippen molar-refractivity contribution in [2.75, 3.05) is 33.0 Å². The van der Waals surface area contributed by atoms with Crippen LogP contribution in [0.25, 0.3) is 0 Å². The zero-order valence-electron chi connectivity index (χ0n) is 14.8. The molecule has 27 heavy (non-hydrogen) atoms. The number of benzene rings is 1. The zero-order valence-corrected chi connectivity index (χ0v) is 14.8. The predicted molar refractivity (Wildman–Crippen MR) is 93.3 cm³/mol. The maximum Gasteiger partial charge on any atom is 0.337 e. The van der Waals surface area contributed by atoms with Crippen LogP contribution >= 0.6 is 0 Å². The van der Waals surface area contributed by atoms with Crippen molar-refractivity contribution in [3.63, 3.8) is 0 Å². The Hall–Kier alpha value is -2.89. The fourth-order valence-corrected chi connectivity index (χ4v) is 2.23. The van der Waals surface area contributed by atoms with Crippen molar-refractivity contribution >= 4 is 17.8 Å². The van der Waals surface area contributed by atoms with E-state index in [1.54, 1.807) is 24.3 Å². The summed E-state index contributed by atoms with van der Waals surface area (Å²) in [4.78, 5) is 39.5. The van der Waals surface area contributed by atoms with Crippen LogP contribution in [0.3, 0.4) is 0 Å². The third-order valence-corrected chi connectivity index (χ3v) is 3.52. The molecule has 8 heteroatoms. The van der Waals surface area contributed by atoms with E-state index in [1.807, 2.05) is 0 Å². The fraction of sp³-hybridized carbons (Fsp3) is 0.421. The maximum absolute atomic E-state index is 11.8. The van der Waals surface area contributed by atoms with Crippen LogP contribution in [-0.4, -0.2) is 55.9 Å². The molecule has 0 aromatic heterocycles. The predicted octanol–water partition coefficient (Wildman–Crippen LogP) is 0.881. The molecule has 8 nitrogen and oxygen atoms in total. The average molecular weight is 375 g/mol. The van der Waals surface area contributed by atoms with Gasteiger partial charge >= 0.3 is 5.97 Å². The molecule has 1 aromatic carbocycles. The Morgan fingerprint density at radius 3 is 2.30 bits per heavy atom. The molecular weight excluding hydrogens is 354 g/mol. The summed E-state index contributed by atoms with van der Waals surface area (Å²) in [7, 11) is 0. The Bertz CT molecular complexity index is 677. The second-order valence-electron chi connectivity index (χ2n) is 5.58. The molecule has 1 saturated heterocycles. The first kappa shape index (κ1) is 20.4. The lowest BCUT2D eigenvalue weighted by atomic mass is 10.1. The number of terminal acetylenes is 1. The number of rotatable bonds is 11. The van der Waals surface area contributed by atoms with Gasteiger partial charge in [0.1, 0.15) is 19.0 Å². The van der Waals surface area contributed by atoms with Gasteiger partial charge in [-0.25, -0.2) is 4.79 Å². The molecule has 1 fully saturated rings. The summed E-state index contributed by atoms with van der Waals surface area (Å²) < 4.78 is 15.9. The van der Waals surface area contributed by atoms with E-state index in [2.05, 4.69) is 5.92 Å². The minimum Gasteiger partial charge on any atom is -0.491 e. The summed E-state index contributed by atoms with van der Waals surface area (Å²) >= 11 is 0. The Morgan fingerprint density at radius 2 is 1.63 bits per heavy atom. The standard InChI is InChI=1S/C19H21NO7/c1-2-9-24-10-11-25-12-13-26-16-5-3-15(4-6-16)14-19(23)27-20-17(21)7-8-18(20)22/h1,3-6H,7-14H2. The van der Waals surface area contributed by atoms with Crippen LogP contribution in [0, 0.1) is 12.3 Å². The van der Waals surface area contributed by atoms with Crippen molar-refractivity contribution in [2.45, 2.75) is 19.3 Å². The first-order valence-electron chi connectivity index (χ1n) is 8.47. The molecule has 0 bridgehead atoms. The minimum atomic E-state index is -0.673. The summed E-state index contributed by atoms with van der Waals surface area (Å²) in [5, 5.41) is 0.539. The van der Waals surface area contributed by atoms with E-state index in [0.717, 1.165) is 0 Å². The Kier molecular flexibility index (Phi) is 8.29. The molecule has 0 radical (unpaired) electrons. The van der Waals surface area contributed by atoms with Crippen molar-refractivity contribution in [3.8, 4) is 18.1 Å². The van der Waals surface area contributed by atoms with Gasteiger partial charge in [-0.05, 0) is 17.7 Å². The Labute approximate surface area is 157 Å². The Morgan fingerprint density at radius 1 is 1.00 bits per heavy atom. The van der Waals surface area contributed by atoms with Gasteiger partial charge in [-0.1, -0.05) is 18.1 Å². The van der Waals surface area contributed by atoms with Gasteiger partial charge in [-0.15, -0.1) is 11.5 Å². The first-order chi connectivity index (χ1) is 13.1. The second-order valence-corrected chi connectivity index (χ2v) is 5.58. The summed E-state index contributed by atoms with van der Waals surface area (Å²) in [6.45, 7) is 1.92. The highest BCUT2D eigenvalue weighted by atomic mass is 16.7. The van der Waals surface area contributed by atoms with E-state index in [4.69, 9.17) is 25.5 Å². The molecule has 1 heterocycles. The van der Waals surface area contributed by atoms with Gasteiger partial charge in [0.05, 0.1) is 26.2 Å². The molecule has 1 aromatic rings. The number of hydroxylamine groups is 2. The van der Waals surface area contributed by atoms with Crippen LogP contribution in [0.1, 0.15) is 18.4 Å². The molecule has 0 saturated carbocycles. The van der Waals surface area contributed by atoms with Crippen LogP contribution in [-0.2, 0) is 35.1 Å². The topological polar surface area (TPSA) is 91.4 Å². The van der Waals surface area contributed by atoms with Gasteiger partial charge in [-0.3, -0.25) is 9.59 Å². The summed E-state index contributed by atoms with van der Waals surface area (Å²) in [6.07, 6.45) is 5.13. The SMILES string of the molecule is C#CCOCCOCCOc1ccc(CC(=O)ON2C(=O)CCC2=O)cc1. The van der Waals surface area contributed by atoms with Crippen LogP contribution in [0.5, 0.6) is 5.75 Å². The molecule has 1 aliphatic rings. The van der Waals surface area contributed by atoms with Gasteiger partial charge in [-0.2, -0.15) is 0 Å². The average Bonchev–Trinajstić information content (AvgIpc) is 2.97.